The Kier molecular flexibility index (Phi) is 5.29. The van der Waals surface area contributed by atoms with E-state index < -0.39 is 17.7 Å². The molecule has 0 fully saturated rings. The van der Waals surface area contributed by atoms with E-state index in [0.29, 0.717) is 11.1 Å². The van der Waals surface area contributed by atoms with E-state index in [2.05, 4.69) is 19.9 Å². The van der Waals surface area contributed by atoms with Gasteiger partial charge in [-0.1, -0.05) is 0 Å². The number of imidazole rings is 1. The van der Waals surface area contributed by atoms with Crippen LogP contribution in [0, 0.1) is 5.82 Å². The highest BCUT2D eigenvalue weighted by Crippen LogP contribution is 2.33. The minimum absolute atomic E-state index is 0.0513. The first kappa shape index (κ1) is 21.0. The largest absolute Gasteiger partial charge is 0.470 e. The Balaban J connectivity index is 1.62. The van der Waals surface area contributed by atoms with Gasteiger partial charge >= 0.3 is 6.18 Å². The van der Waals surface area contributed by atoms with Crippen molar-refractivity contribution in [1.29, 1.82) is 0 Å². The topological polar surface area (TPSA) is 78.9 Å². The number of halogens is 5. The Morgan fingerprint density at radius 2 is 2.00 bits per heavy atom. The standard InChI is InChI=1S/C19H14ClF4N5O2/c1-9(2)29-7-13(19(22,23)24)27-16(29)14-11(21)5-10(6-25-14)8-31-17-15-12(3-4-30-15)26-18(20)28-17/h3-7,9H,8H2,1-2H3. The second-order valence-electron chi connectivity index (χ2n) is 6.84. The zero-order valence-corrected chi connectivity index (χ0v) is 16.9. The quantitative estimate of drug-likeness (QED) is 0.294. The van der Waals surface area contributed by atoms with Crippen molar-refractivity contribution in [3.8, 4) is 17.4 Å². The third-order valence-corrected chi connectivity index (χ3v) is 4.48. The van der Waals surface area contributed by atoms with E-state index in [-0.39, 0.29) is 40.9 Å². The fourth-order valence-corrected chi connectivity index (χ4v) is 3.05. The first-order chi connectivity index (χ1) is 14.6. The highest BCUT2D eigenvalue weighted by Gasteiger charge is 2.35. The first-order valence-electron chi connectivity index (χ1n) is 8.98. The van der Waals surface area contributed by atoms with Crippen molar-refractivity contribution in [3.05, 3.63) is 53.1 Å². The average Bonchev–Trinajstić information content (AvgIpc) is 3.33. The summed E-state index contributed by atoms with van der Waals surface area (Å²) in [6.07, 6.45) is -1.14. The molecule has 0 saturated heterocycles. The van der Waals surface area contributed by atoms with Crippen molar-refractivity contribution in [2.45, 2.75) is 32.7 Å². The molecule has 4 aromatic rings. The maximum atomic E-state index is 14.8. The molecule has 0 unspecified atom stereocenters. The molecule has 162 valence electrons. The monoisotopic (exact) mass is 455 g/mol. The fourth-order valence-electron chi connectivity index (χ4n) is 2.88. The lowest BCUT2D eigenvalue weighted by atomic mass is 10.2. The molecule has 0 bridgehead atoms. The van der Waals surface area contributed by atoms with Crippen molar-refractivity contribution >= 4 is 22.7 Å². The van der Waals surface area contributed by atoms with E-state index in [1.165, 1.54) is 17.0 Å². The fraction of sp³-hybridized carbons (Fsp3) is 0.263. The summed E-state index contributed by atoms with van der Waals surface area (Å²) in [4.78, 5) is 15.4. The van der Waals surface area contributed by atoms with E-state index in [1.54, 1.807) is 19.9 Å². The normalized spacial score (nSPS) is 12.1. The van der Waals surface area contributed by atoms with E-state index in [0.717, 1.165) is 12.3 Å². The molecule has 7 nitrogen and oxygen atoms in total. The Labute approximate surface area is 177 Å². The molecule has 0 aliphatic rings. The molecule has 0 atom stereocenters. The number of hydrogen-bond donors (Lipinski definition) is 0. The van der Waals surface area contributed by atoms with Crippen LogP contribution in [-0.2, 0) is 12.8 Å². The van der Waals surface area contributed by atoms with Gasteiger partial charge in [-0.2, -0.15) is 18.2 Å². The molecule has 0 spiro atoms. The highest BCUT2D eigenvalue weighted by molar-refractivity contribution is 6.28. The van der Waals surface area contributed by atoms with Crippen LogP contribution < -0.4 is 4.74 Å². The molecule has 0 N–H and O–H groups in total. The summed E-state index contributed by atoms with van der Waals surface area (Å²) < 4.78 is 66.0. The van der Waals surface area contributed by atoms with Crippen LogP contribution in [0.15, 0.2) is 35.2 Å². The summed E-state index contributed by atoms with van der Waals surface area (Å²) in [5, 5.41) is -0.0513. The summed E-state index contributed by atoms with van der Waals surface area (Å²) >= 11 is 5.85. The van der Waals surface area contributed by atoms with Gasteiger partial charge in [0.25, 0.3) is 5.88 Å². The molecule has 0 aromatic carbocycles. The number of pyridine rings is 1. The van der Waals surface area contributed by atoms with Crippen LogP contribution in [0.1, 0.15) is 31.1 Å². The Bertz CT molecular complexity index is 1250. The van der Waals surface area contributed by atoms with Crippen LogP contribution >= 0.6 is 11.6 Å². The highest BCUT2D eigenvalue weighted by atomic mass is 35.5. The molecule has 31 heavy (non-hydrogen) atoms. The van der Waals surface area contributed by atoms with Crippen LogP contribution in [0.5, 0.6) is 5.88 Å². The van der Waals surface area contributed by atoms with Crippen LogP contribution in [0.25, 0.3) is 22.6 Å². The molecule has 4 rings (SSSR count). The summed E-state index contributed by atoms with van der Waals surface area (Å²) in [5.41, 5.74) is -0.391. The predicted molar refractivity (Wildman–Crippen MR) is 102 cm³/mol. The van der Waals surface area contributed by atoms with Gasteiger partial charge < -0.3 is 13.7 Å². The number of fused-ring (bicyclic) bond motifs is 1. The van der Waals surface area contributed by atoms with Gasteiger partial charge in [-0.15, -0.1) is 0 Å². The third kappa shape index (κ3) is 4.18. The molecule has 12 heteroatoms. The summed E-state index contributed by atoms with van der Waals surface area (Å²) in [7, 11) is 0. The van der Waals surface area contributed by atoms with E-state index >= 15 is 0 Å². The van der Waals surface area contributed by atoms with Gasteiger partial charge in [-0.05, 0) is 31.5 Å². The number of furan rings is 1. The number of aromatic nitrogens is 5. The van der Waals surface area contributed by atoms with Crippen molar-refractivity contribution in [3.63, 3.8) is 0 Å². The number of rotatable bonds is 5. The van der Waals surface area contributed by atoms with Crippen LogP contribution in [0.2, 0.25) is 5.28 Å². The summed E-state index contributed by atoms with van der Waals surface area (Å²) in [5.74, 6) is -0.993. The number of nitrogens with zero attached hydrogens (tertiary/aromatic N) is 5. The molecule has 4 heterocycles. The van der Waals surface area contributed by atoms with Gasteiger partial charge in [-0.3, -0.25) is 0 Å². The molecular weight excluding hydrogens is 442 g/mol. The SMILES string of the molecule is CC(C)n1cc(C(F)(F)F)nc1-c1ncc(COc2nc(Cl)nc3ccoc23)cc1F. The van der Waals surface area contributed by atoms with Gasteiger partial charge in [0, 0.05) is 30.1 Å². The lowest BCUT2D eigenvalue weighted by Gasteiger charge is -2.12. The van der Waals surface area contributed by atoms with Gasteiger partial charge in [0.15, 0.2) is 17.3 Å². The summed E-state index contributed by atoms with van der Waals surface area (Å²) in [6.45, 7) is 3.18. The predicted octanol–water partition coefficient (Wildman–Crippen LogP) is 5.45. The molecule has 4 aromatic heterocycles. The second kappa shape index (κ2) is 7.80. The zero-order valence-electron chi connectivity index (χ0n) is 16.1. The van der Waals surface area contributed by atoms with E-state index in [1.807, 2.05) is 0 Å². The van der Waals surface area contributed by atoms with Crippen molar-refractivity contribution in [2.24, 2.45) is 0 Å². The van der Waals surface area contributed by atoms with Crippen LogP contribution in [-0.4, -0.2) is 24.5 Å². The average molecular weight is 456 g/mol. The summed E-state index contributed by atoms with van der Waals surface area (Å²) in [6, 6.07) is 2.30. The lowest BCUT2D eigenvalue weighted by Crippen LogP contribution is -2.06. The maximum absolute atomic E-state index is 14.8. The van der Waals surface area contributed by atoms with Gasteiger partial charge in [0.05, 0.1) is 6.26 Å². The number of alkyl halides is 3. The Morgan fingerprint density at radius 3 is 2.68 bits per heavy atom. The van der Waals surface area contributed by atoms with Crippen molar-refractivity contribution < 1.29 is 26.7 Å². The van der Waals surface area contributed by atoms with Gasteiger partial charge in [0.2, 0.25) is 10.9 Å². The zero-order chi connectivity index (χ0) is 22.3. The van der Waals surface area contributed by atoms with Crippen molar-refractivity contribution in [1.82, 2.24) is 24.5 Å². The first-order valence-corrected chi connectivity index (χ1v) is 9.35. The lowest BCUT2D eigenvalue weighted by molar-refractivity contribution is -0.140. The Hall–Kier alpha value is -3.21. The smallest absolute Gasteiger partial charge is 0.434 e. The van der Waals surface area contributed by atoms with Crippen molar-refractivity contribution in [2.75, 3.05) is 0 Å². The molecule has 0 saturated carbocycles. The van der Waals surface area contributed by atoms with Crippen LogP contribution in [0.4, 0.5) is 17.6 Å². The molecular formula is C19H14ClF4N5O2. The number of ether oxygens (including phenoxy) is 1. The Morgan fingerprint density at radius 1 is 1.23 bits per heavy atom. The molecule has 0 aliphatic carbocycles. The molecule has 0 radical (unpaired) electrons. The van der Waals surface area contributed by atoms with Gasteiger partial charge in [0.1, 0.15) is 17.8 Å². The second-order valence-corrected chi connectivity index (χ2v) is 7.18. The van der Waals surface area contributed by atoms with E-state index in [4.69, 9.17) is 20.8 Å². The third-order valence-electron chi connectivity index (χ3n) is 4.31. The van der Waals surface area contributed by atoms with Crippen LogP contribution in [0.3, 0.4) is 0 Å². The molecule has 0 amide bonds. The molecule has 0 aliphatic heterocycles. The minimum atomic E-state index is -4.66. The van der Waals surface area contributed by atoms with Gasteiger partial charge in [-0.25, -0.2) is 19.3 Å². The maximum Gasteiger partial charge on any atom is 0.434 e. The minimum Gasteiger partial charge on any atom is -0.470 e. The number of hydrogen-bond acceptors (Lipinski definition) is 6. The van der Waals surface area contributed by atoms with E-state index in [9.17, 15) is 17.6 Å².